The van der Waals surface area contributed by atoms with Crippen LogP contribution in [0, 0.1) is 6.92 Å². The standard InChI is InChI=1S/C18H28N2O3S/c1-14-9-10-15(13-17(14)24(2,22)23)18(21)20-12-11-19-16-7-5-3-4-6-8-16/h9-10,13,16,19H,3-8,11-12H2,1-2H3,(H,20,21). The Hall–Kier alpha value is -1.40. The van der Waals surface area contributed by atoms with Crippen molar-refractivity contribution < 1.29 is 13.2 Å². The second-order valence-corrected chi connectivity index (χ2v) is 8.64. The maximum atomic E-state index is 12.2. The van der Waals surface area contributed by atoms with Crippen molar-refractivity contribution in [3.05, 3.63) is 29.3 Å². The number of nitrogens with one attached hydrogen (secondary N) is 2. The first-order valence-corrected chi connectivity index (χ1v) is 10.6. The lowest BCUT2D eigenvalue weighted by atomic mass is 10.1. The Morgan fingerprint density at radius 3 is 2.42 bits per heavy atom. The number of aryl methyl sites for hydroxylation is 1. The van der Waals surface area contributed by atoms with Crippen molar-refractivity contribution in [3.63, 3.8) is 0 Å². The average molecular weight is 353 g/mol. The van der Waals surface area contributed by atoms with Gasteiger partial charge in [-0.25, -0.2) is 8.42 Å². The highest BCUT2D eigenvalue weighted by Crippen LogP contribution is 2.18. The number of rotatable bonds is 6. The molecule has 134 valence electrons. The molecule has 1 fully saturated rings. The fourth-order valence-electron chi connectivity index (χ4n) is 3.18. The Balaban J connectivity index is 1.84. The Morgan fingerprint density at radius 1 is 1.12 bits per heavy atom. The minimum Gasteiger partial charge on any atom is -0.351 e. The molecular weight excluding hydrogens is 324 g/mol. The third kappa shape index (κ3) is 5.60. The molecule has 0 bridgehead atoms. The van der Waals surface area contributed by atoms with Crippen LogP contribution in [0.4, 0.5) is 0 Å². The van der Waals surface area contributed by atoms with Crippen molar-refractivity contribution >= 4 is 15.7 Å². The summed E-state index contributed by atoms with van der Waals surface area (Å²) in [6.07, 6.45) is 8.79. The Morgan fingerprint density at radius 2 is 1.79 bits per heavy atom. The van der Waals surface area contributed by atoms with E-state index in [2.05, 4.69) is 10.6 Å². The van der Waals surface area contributed by atoms with E-state index < -0.39 is 9.84 Å². The van der Waals surface area contributed by atoms with Gasteiger partial charge >= 0.3 is 0 Å². The number of amides is 1. The molecule has 0 unspecified atom stereocenters. The average Bonchev–Trinajstić information content (AvgIpc) is 2.79. The van der Waals surface area contributed by atoms with E-state index in [-0.39, 0.29) is 10.8 Å². The van der Waals surface area contributed by atoms with Gasteiger partial charge in [-0.2, -0.15) is 0 Å². The molecule has 24 heavy (non-hydrogen) atoms. The Bertz CT molecular complexity index is 663. The predicted octanol–water partition coefficient (Wildman–Crippen LogP) is 2.44. The highest BCUT2D eigenvalue weighted by molar-refractivity contribution is 7.90. The normalized spacial score (nSPS) is 16.6. The highest BCUT2D eigenvalue weighted by Gasteiger charge is 2.15. The number of benzene rings is 1. The molecule has 1 aromatic carbocycles. The largest absolute Gasteiger partial charge is 0.351 e. The molecular formula is C18H28N2O3S. The number of carbonyl (C=O) groups excluding carboxylic acids is 1. The van der Waals surface area contributed by atoms with Gasteiger partial charge in [-0.05, 0) is 37.5 Å². The SMILES string of the molecule is Cc1ccc(C(=O)NCCNC2CCCCCC2)cc1S(C)(=O)=O. The van der Waals surface area contributed by atoms with E-state index in [0.717, 1.165) is 12.8 Å². The van der Waals surface area contributed by atoms with Gasteiger partial charge < -0.3 is 10.6 Å². The Kier molecular flexibility index (Phi) is 6.80. The minimum absolute atomic E-state index is 0.215. The molecule has 0 aromatic heterocycles. The van der Waals surface area contributed by atoms with Crippen LogP contribution < -0.4 is 10.6 Å². The summed E-state index contributed by atoms with van der Waals surface area (Å²) >= 11 is 0. The third-order valence-electron chi connectivity index (χ3n) is 4.55. The van der Waals surface area contributed by atoms with Crippen LogP contribution in [0.15, 0.2) is 23.1 Å². The van der Waals surface area contributed by atoms with Crippen LogP contribution in [0.1, 0.15) is 54.4 Å². The van der Waals surface area contributed by atoms with Crippen molar-refractivity contribution in [2.45, 2.75) is 56.4 Å². The molecule has 1 amide bonds. The molecule has 0 heterocycles. The van der Waals surface area contributed by atoms with E-state index in [4.69, 9.17) is 0 Å². The summed E-state index contributed by atoms with van der Waals surface area (Å²) in [5.74, 6) is -0.234. The van der Waals surface area contributed by atoms with Crippen molar-refractivity contribution in [3.8, 4) is 0 Å². The molecule has 6 heteroatoms. The number of carbonyl (C=O) groups is 1. The van der Waals surface area contributed by atoms with Crippen LogP contribution in [0.2, 0.25) is 0 Å². The molecule has 1 aromatic rings. The minimum atomic E-state index is -3.33. The molecule has 0 saturated heterocycles. The van der Waals surface area contributed by atoms with Crippen LogP contribution in [0.3, 0.4) is 0 Å². The number of hydrogen-bond acceptors (Lipinski definition) is 4. The molecule has 2 N–H and O–H groups in total. The van der Waals surface area contributed by atoms with E-state index in [0.29, 0.717) is 23.7 Å². The fraction of sp³-hybridized carbons (Fsp3) is 0.611. The van der Waals surface area contributed by atoms with Crippen LogP contribution >= 0.6 is 0 Å². The second kappa shape index (κ2) is 8.62. The van der Waals surface area contributed by atoms with E-state index in [1.807, 2.05) is 0 Å². The molecule has 0 radical (unpaired) electrons. The summed E-state index contributed by atoms with van der Waals surface area (Å²) < 4.78 is 23.5. The van der Waals surface area contributed by atoms with Gasteiger partial charge in [0.2, 0.25) is 0 Å². The highest BCUT2D eigenvalue weighted by atomic mass is 32.2. The van der Waals surface area contributed by atoms with Crippen LogP contribution in [0.5, 0.6) is 0 Å². The first-order valence-electron chi connectivity index (χ1n) is 8.70. The van der Waals surface area contributed by atoms with Gasteiger partial charge in [0.05, 0.1) is 4.90 Å². The summed E-state index contributed by atoms with van der Waals surface area (Å²) in [5, 5.41) is 6.36. The van der Waals surface area contributed by atoms with Crippen LogP contribution in [0.25, 0.3) is 0 Å². The van der Waals surface area contributed by atoms with E-state index in [1.165, 1.54) is 44.6 Å². The van der Waals surface area contributed by atoms with Crippen LogP contribution in [-0.2, 0) is 9.84 Å². The fourth-order valence-corrected chi connectivity index (χ4v) is 4.17. The summed E-state index contributed by atoms with van der Waals surface area (Å²) in [4.78, 5) is 12.4. The maximum Gasteiger partial charge on any atom is 0.251 e. The van der Waals surface area contributed by atoms with Gasteiger partial charge in [-0.1, -0.05) is 31.7 Å². The van der Waals surface area contributed by atoms with Crippen molar-refractivity contribution in [1.82, 2.24) is 10.6 Å². The van der Waals surface area contributed by atoms with Gasteiger partial charge in [-0.3, -0.25) is 4.79 Å². The maximum absolute atomic E-state index is 12.2. The lowest BCUT2D eigenvalue weighted by Crippen LogP contribution is -2.36. The molecule has 1 aliphatic rings. The molecule has 5 nitrogen and oxygen atoms in total. The van der Waals surface area contributed by atoms with Gasteiger partial charge in [0.25, 0.3) is 5.91 Å². The monoisotopic (exact) mass is 352 g/mol. The summed E-state index contributed by atoms with van der Waals surface area (Å²) in [6, 6.07) is 5.35. The number of hydrogen-bond donors (Lipinski definition) is 2. The summed E-state index contributed by atoms with van der Waals surface area (Å²) in [7, 11) is -3.33. The number of sulfone groups is 1. The molecule has 0 aliphatic heterocycles. The second-order valence-electron chi connectivity index (χ2n) is 6.65. The molecule has 1 aliphatic carbocycles. The lowest BCUT2D eigenvalue weighted by Gasteiger charge is -2.16. The van der Waals surface area contributed by atoms with E-state index in [9.17, 15) is 13.2 Å². The quantitative estimate of drug-likeness (QED) is 0.609. The van der Waals surface area contributed by atoms with Gasteiger partial charge in [0, 0.05) is 31.0 Å². The Labute approximate surface area is 145 Å². The molecule has 0 spiro atoms. The summed E-state index contributed by atoms with van der Waals surface area (Å²) in [6.45, 7) is 3.01. The third-order valence-corrected chi connectivity index (χ3v) is 5.79. The zero-order chi connectivity index (χ0) is 17.6. The molecule has 1 saturated carbocycles. The van der Waals surface area contributed by atoms with Gasteiger partial charge in [0.15, 0.2) is 9.84 Å². The molecule has 0 atom stereocenters. The van der Waals surface area contributed by atoms with Crippen molar-refractivity contribution in [2.75, 3.05) is 19.3 Å². The van der Waals surface area contributed by atoms with Gasteiger partial charge in [-0.15, -0.1) is 0 Å². The molecule has 2 rings (SSSR count). The zero-order valence-corrected chi connectivity index (χ0v) is 15.4. The van der Waals surface area contributed by atoms with Crippen molar-refractivity contribution in [1.29, 1.82) is 0 Å². The first kappa shape index (κ1) is 18.9. The lowest BCUT2D eigenvalue weighted by molar-refractivity contribution is 0.0953. The first-order chi connectivity index (χ1) is 11.4. The van der Waals surface area contributed by atoms with Gasteiger partial charge in [0.1, 0.15) is 0 Å². The zero-order valence-electron chi connectivity index (χ0n) is 14.6. The predicted molar refractivity (Wildman–Crippen MR) is 96.1 cm³/mol. The van der Waals surface area contributed by atoms with Crippen LogP contribution in [-0.4, -0.2) is 39.7 Å². The summed E-state index contributed by atoms with van der Waals surface area (Å²) in [5.41, 5.74) is 1.04. The van der Waals surface area contributed by atoms with Crippen molar-refractivity contribution in [2.24, 2.45) is 0 Å². The topological polar surface area (TPSA) is 75.3 Å². The smallest absolute Gasteiger partial charge is 0.251 e. The van der Waals surface area contributed by atoms with E-state index >= 15 is 0 Å². The van der Waals surface area contributed by atoms with E-state index in [1.54, 1.807) is 19.1 Å².